The second-order valence-electron chi connectivity index (χ2n) is 8.66. The second kappa shape index (κ2) is 10.2. The Balaban J connectivity index is 1.66. The number of amides is 2. The number of para-hydroxylation sites is 2. The number of carbonyl (C=O) groups excluding carboxylic acids is 2. The van der Waals surface area contributed by atoms with Crippen molar-refractivity contribution in [2.75, 3.05) is 39.3 Å². The zero-order chi connectivity index (χ0) is 24.2. The molecule has 2 heterocycles. The molecule has 3 aromatic rings. The average Bonchev–Trinajstić information content (AvgIpc) is 3.42. The van der Waals surface area contributed by atoms with Gasteiger partial charge < -0.3 is 23.8 Å². The van der Waals surface area contributed by atoms with E-state index in [1.807, 2.05) is 41.9 Å². The second-order valence-corrected chi connectivity index (χ2v) is 8.66. The van der Waals surface area contributed by atoms with Crippen LogP contribution in [-0.4, -0.2) is 60.6 Å². The van der Waals surface area contributed by atoms with Gasteiger partial charge in [0.25, 0.3) is 0 Å². The first-order valence-corrected chi connectivity index (χ1v) is 11.7. The van der Waals surface area contributed by atoms with Gasteiger partial charge in [-0.2, -0.15) is 0 Å². The third-order valence-corrected chi connectivity index (χ3v) is 6.42. The normalized spacial score (nSPS) is 15.7. The van der Waals surface area contributed by atoms with E-state index < -0.39 is 0 Å². The minimum Gasteiger partial charge on any atom is -0.497 e. The van der Waals surface area contributed by atoms with Crippen LogP contribution < -0.4 is 14.4 Å². The van der Waals surface area contributed by atoms with Gasteiger partial charge >= 0.3 is 0 Å². The molecule has 2 amide bonds. The Morgan fingerprint density at radius 3 is 2.71 bits per heavy atom. The van der Waals surface area contributed by atoms with Crippen LogP contribution in [0.3, 0.4) is 0 Å². The molecule has 0 radical (unpaired) electrons. The molecule has 8 heteroatoms. The topological polar surface area (TPSA) is 76.9 Å². The van der Waals surface area contributed by atoms with Crippen molar-refractivity contribution in [1.29, 1.82) is 0 Å². The predicted molar refractivity (Wildman–Crippen MR) is 132 cm³/mol. The quantitative estimate of drug-likeness (QED) is 0.481. The highest BCUT2D eigenvalue weighted by atomic mass is 16.5. The van der Waals surface area contributed by atoms with E-state index in [9.17, 15) is 9.59 Å². The van der Waals surface area contributed by atoms with Crippen LogP contribution in [0.15, 0.2) is 42.5 Å². The van der Waals surface area contributed by atoms with Gasteiger partial charge in [0.05, 0.1) is 30.9 Å². The van der Waals surface area contributed by atoms with E-state index in [0.717, 1.165) is 36.2 Å². The molecule has 1 fully saturated rings. The Labute approximate surface area is 200 Å². The SMILES string of the molecule is CCCCN(C)C(=O)Cn1c(C2CC(=O)N(c3cc(OC)ccc3OC)C2)nc2ccccc21. The number of unbranched alkanes of at least 4 members (excludes halogenated alkanes) is 1. The van der Waals surface area contributed by atoms with E-state index >= 15 is 0 Å². The maximum absolute atomic E-state index is 13.1. The van der Waals surface area contributed by atoms with Crippen molar-refractivity contribution in [2.24, 2.45) is 0 Å². The third kappa shape index (κ3) is 4.58. The molecular formula is C26H32N4O4. The maximum Gasteiger partial charge on any atom is 0.242 e. The number of imidazole rings is 1. The zero-order valence-corrected chi connectivity index (χ0v) is 20.3. The van der Waals surface area contributed by atoms with Crippen LogP contribution in [0.5, 0.6) is 11.5 Å². The summed E-state index contributed by atoms with van der Waals surface area (Å²) in [6, 6.07) is 13.2. The Morgan fingerprint density at radius 2 is 1.97 bits per heavy atom. The van der Waals surface area contributed by atoms with Crippen LogP contribution in [0.2, 0.25) is 0 Å². The summed E-state index contributed by atoms with van der Waals surface area (Å²) >= 11 is 0. The van der Waals surface area contributed by atoms with Gasteiger partial charge in [0.1, 0.15) is 23.9 Å². The molecule has 2 aromatic carbocycles. The standard InChI is InChI=1S/C26H32N4O4/c1-5-6-13-28(2)25(32)17-30-21-10-8-7-9-20(21)27-26(30)18-14-24(31)29(16-18)22-15-19(33-3)11-12-23(22)34-4/h7-12,15,18H,5-6,13-14,16-17H2,1-4H3. The first kappa shape index (κ1) is 23.6. The average molecular weight is 465 g/mol. The monoisotopic (exact) mass is 464 g/mol. The van der Waals surface area contributed by atoms with E-state index in [4.69, 9.17) is 14.5 Å². The van der Waals surface area contributed by atoms with Crippen molar-refractivity contribution in [3.63, 3.8) is 0 Å². The van der Waals surface area contributed by atoms with Crippen LogP contribution in [-0.2, 0) is 16.1 Å². The van der Waals surface area contributed by atoms with E-state index in [2.05, 4.69) is 6.92 Å². The molecule has 0 bridgehead atoms. The molecule has 1 atom stereocenters. The highest BCUT2D eigenvalue weighted by molar-refractivity contribution is 5.98. The van der Waals surface area contributed by atoms with Crippen molar-refractivity contribution in [3.05, 3.63) is 48.3 Å². The molecule has 1 saturated heterocycles. The van der Waals surface area contributed by atoms with Crippen molar-refractivity contribution in [2.45, 2.75) is 38.6 Å². The highest BCUT2D eigenvalue weighted by Crippen LogP contribution is 2.39. The van der Waals surface area contributed by atoms with Crippen LogP contribution in [0, 0.1) is 0 Å². The first-order valence-electron chi connectivity index (χ1n) is 11.7. The summed E-state index contributed by atoms with van der Waals surface area (Å²) in [5.74, 6) is 1.90. The number of benzene rings is 2. The minimum atomic E-state index is -0.149. The maximum atomic E-state index is 13.1. The Bertz CT molecular complexity index is 1190. The van der Waals surface area contributed by atoms with Gasteiger partial charge in [-0.05, 0) is 30.7 Å². The number of anilines is 1. The van der Waals surface area contributed by atoms with Gasteiger partial charge in [-0.3, -0.25) is 9.59 Å². The lowest BCUT2D eigenvalue weighted by molar-refractivity contribution is -0.130. The number of fused-ring (bicyclic) bond motifs is 1. The largest absolute Gasteiger partial charge is 0.497 e. The Kier molecular flexibility index (Phi) is 7.05. The number of hydrogen-bond donors (Lipinski definition) is 0. The molecule has 0 spiro atoms. The van der Waals surface area contributed by atoms with Gasteiger partial charge in [-0.1, -0.05) is 25.5 Å². The molecule has 1 unspecified atom stereocenters. The van der Waals surface area contributed by atoms with Crippen molar-refractivity contribution >= 4 is 28.5 Å². The van der Waals surface area contributed by atoms with Crippen molar-refractivity contribution in [1.82, 2.24) is 14.5 Å². The number of hydrogen-bond acceptors (Lipinski definition) is 5. The summed E-state index contributed by atoms with van der Waals surface area (Å²) < 4.78 is 12.8. The molecule has 0 N–H and O–H groups in total. The van der Waals surface area contributed by atoms with E-state index in [1.165, 1.54) is 0 Å². The summed E-state index contributed by atoms with van der Waals surface area (Å²) in [6.07, 6.45) is 2.31. The van der Waals surface area contributed by atoms with Crippen molar-refractivity contribution < 1.29 is 19.1 Å². The predicted octanol–water partition coefficient (Wildman–Crippen LogP) is 3.83. The first-order chi connectivity index (χ1) is 16.5. The van der Waals surface area contributed by atoms with Gasteiger partial charge in [-0.25, -0.2) is 4.98 Å². The summed E-state index contributed by atoms with van der Waals surface area (Å²) in [5, 5.41) is 0. The zero-order valence-electron chi connectivity index (χ0n) is 20.3. The van der Waals surface area contributed by atoms with Crippen LogP contribution in [0.25, 0.3) is 11.0 Å². The van der Waals surface area contributed by atoms with Crippen molar-refractivity contribution in [3.8, 4) is 11.5 Å². The lowest BCUT2D eigenvalue weighted by Gasteiger charge is -2.21. The molecule has 1 aliphatic heterocycles. The van der Waals surface area contributed by atoms with Crippen LogP contribution >= 0.6 is 0 Å². The Hall–Kier alpha value is -3.55. The fraction of sp³-hybridized carbons (Fsp3) is 0.423. The number of nitrogens with zero attached hydrogens (tertiary/aromatic N) is 4. The molecule has 0 saturated carbocycles. The smallest absolute Gasteiger partial charge is 0.242 e. The van der Waals surface area contributed by atoms with Gasteiger partial charge in [-0.15, -0.1) is 0 Å². The number of carbonyl (C=O) groups is 2. The van der Waals surface area contributed by atoms with Gasteiger partial charge in [0, 0.05) is 38.5 Å². The fourth-order valence-electron chi connectivity index (χ4n) is 4.47. The number of likely N-dealkylation sites (N-methyl/N-ethyl adjacent to an activating group) is 1. The Morgan fingerprint density at radius 1 is 1.18 bits per heavy atom. The van der Waals surface area contributed by atoms with E-state index in [-0.39, 0.29) is 24.3 Å². The fourth-order valence-corrected chi connectivity index (χ4v) is 4.47. The molecule has 0 aliphatic carbocycles. The third-order valence-electron chi connectivity index (χ3n) is 6.42. The molecule has 180 valence electrons. The summed E-state index contributed by atoms with van der Waals surface area (Å²) in [4.78, 5) is 34.5. The highest BCUT2D eigenvalue weighted by Gasteiger charge is 2.36. The van der Waals surface area contributed by atoms with E-state index in [0.29, 0.717) is 30.2 Å². The molecule has 1 aliphatic rings. The lowest BCUT2D eigenvalue weighted by Crippen LogP contribution is -2.32. The van der Waals surface area contributed by atoms with Gasteiger partial charge in [0.2, 0.25) is 11.8 Å². The summed E-state index contributed by atoms with van der Waals surface area (Å²) in [7, 11) is 5.02. The minimum absolute atomic E-state index is 0.0125. The molecule has 34 heavy (non-hydrogen) atoms. The van der Waals surface area contributed by atoms with E-state index in [1.54, 1.807) is 36.2 Å². The summed E-state index contributed by atoms with van der Waals surface area (Å²) in [6.45, 7) is 3.48. The summed E-state index contributed by atoms with van der Waals surface area (Å²) in [5.41, 5.74) is 2.40. The van der Waals surface area contributed by atoms with Crippen LogP contribution in [0.1, 0.15) is 37.9 Å². The number of ether oxygens (including phenoxy) is 2. The molecule has 4 rings (SSSR count). The molecular weight excluding hydrogens is 432 g/mol. The molecule has 1 aromatic heterocycles. The van der Waals surface area contributed by atoms with Crippen LogP contribution in [0.4, 0.5) is 5.69 Å². The number of aromatic nitrogens is 2. The number of methoxy groups -OCH3 is 2. The molecule has 8 nitrogen and oxygen atoms in total. The van der Waals surface area contributed by atoms with Gasteiger partial charge in [0.15, 0.2) is 0 Å². The lowest BCUT2D eigenvalue weighted by atomic mass is 10.1. The number of rotatable bonds is 9.